The first kappa shape index (κ1) is 14.9. The number of carbonyl (C=O) groups excluding carboxylic acids is 2. The molecule has 0 aromatic heterocycles. The highest BCUT2D eigenvalue weighted by atomic mass is 16.2. The number of carbonyl (C=O) groups is 2. The van der Waals surface area contributed by atoms with Crippen LogP contribution >= 0.6 is 0 Å². The minimum atomic E-state index is -0.572. The second-order valence-corrected chi connectivity index (χ2v) is 7.60. The van der Waals surface area contributed by atoms with E-state index in [1.807, 2.05) is 4.90 Å². The largest absolute Gasteiger partial charge is 0.340 e. The summed E-state index contributed by atoms with van der Waals surface area (Å²) in [6, 6.07) is -0.191. The Kier molecular flexibility index (Phi) is 3.98. The van der Waals surface area contributed by atoms with Crippen LogP contribution in [0.15, 0.2) is 0 Å². The molecule has 118 valence electrons. The van der Waals surface area contributed by atoms with Gasteiger partial charge in [-0.3, -0.25) is 9.59 Å². The predicted molar refractivity (Wildman–Crippen MR) is 81.6 cm³/mol. The van der Waals surface area contributed by atoms with Gasteiger partial charge in [0, 0.05) is 6.54 Å². The molecule has 2 amide bonds. The Balaban J connectivity index is 1.82. The van der Waals surface area contributed by atoms with Gasteiger partial charge in [-0.1, -0.05) is 33.1 Å². The average Bonchev–Trinajstić information content (AvgIpc) is 3.26. The van der Waals surface area contributed by atoms with Gasteiger partial charge in [-0.15, -0.1) is 0 Å². The molecule has 21 heavy (non-hydrogen) atoms. The quantitative estimate of drug-likeness (QED) is 0.865. The Labute approximate surface area is 127 Å². The molecule has 1 atom stereocenters. The van der Waals surface area contributed by atoms with Crippen molar-refractivity contribution in [2.24, 2.45) is 11.8 Å². The highest BCUT2D eigenvalue weighted by molar-refractivity contribution is 6.00. The summed E-state index contributed by atoms with van der Waals surface area (Å²) >= 11 is 0. The van der Waals surface area contributed by atoms with Crippen LogP contribution in [0.25, 0.3) is 0 Å². The summed E-state index contributed by atoms with van der Waals surface area (Å²) in [6.45, 7) is 5.10. The van der Waals surface area contributed by atoms with Gasteiger partial charge in [0.25, 0.3) is 0 Å². The molecule has 1 unspecified atom stereocenters. The summed E-state index contributed by atoms with van der Waals surface area (Å²) in [5.41, 5.74) is -0.572. The van der Waals surface area contributed by atoms with Crippen LogP contribution in [0.1, 0.15) is 65.2 Å². The zero-order chi connectivity index (χ0) is 15.0. The molecule has 0 bridgehead atoms. The van der Waals surface area contributed by atoms with Crippen LogP contribution in [0.4, 0.5) is 0 Å². The number of hydrogen-bond donors (Lipinski definition) is 1. The van der Waals surface area contributed by atoms with E-state index in [2.05, 4.69) is 19.2 Å². The van der Waals surface area contributed by atoms with E-state index in [1.165, 1.54) is 6.42 Å². The van der Waals surface area contributed by atoms with Gasteiger partial charge < -0.3 is 10.2 Å². The SMILES string of the molecule is CC(C)CCN1C(=O)C2(CCCCC2)NC(=O)C1C1CC1. The lowest BCUT2D eigenvalue weighted by Crippen LogP contribution is -2.71. The van der Waals surface area contributed by atoms with Crippen molar-refractivity contribution in [2.75, 3.05) is 6.54 Å². The fraction of sp³-hybridized carbons (Fsp3) is 0.882. The molecule has 4 heteroatoms. The topological polar surface area (TPSA) is 49.4 Å². The van der Waals surface area contributed by atoms with E-state index in [-0.39, 0.29) is 17.9 Å². The van der Waals surface area contributed by atoms with E-state index in [4.69, 9.17) is 0 Å². The molecule has 0 radical (unpaired) electrons. The van der Waals surface area contributed by atoms with Crippen molar-refractivity contribution in [1.29, 1.82) is 0 Å². The third-order valence-corrected chi connectivity index (χ3v) is 5.36. The number of nitrogens with one attached hydrogen (secondary N) is 1. The molecule has 3 rings (SSSR count). The average molecular weight is 292 g/mol. The summed E-state index contributed by atoms with van der Waals surface area (Å²) < 4.78 is 0. The predicted octanol–water partition coefficient (Wildman–Crippen LogP) is 2.47. The van der Waals surface area contributed by atoms with E-state index in [9.17, 15) is 9.59 Å². The minimum absolute atomic E-state index is 0.114. The first-order valence-corrected chi connectivity index (χ1v) is 8.66. The molecule has 4 nitrogen and oxygen atoms in total. The van der Waals surface area contributed by atoms with Gasteiger partial charge in [0.15, 0.2) is 0 Å². The van der Waals surface area contributed by atoms with Crippen LogP contribution < -0.4 is 5.32 Å². The number of hydrogen-bond acceptors (Lipinski definition) is 2. The number of amides is 2. The van der Waals surface area contributed by atoms with Crippen LogP contribution in [-0.2, 0) is 9.59 Å². The second-order valence-electron chi connectivity index (χ2n) is 7.60. The second kappa shape index (κ2) is 5.62. The molecule has 0 aromatic rings. The zero-order valence-corrected chi connectivity index (χ0v) is 13.4. The molecule has 2 aliphatic carbocycles. The molecule has 1 N–H and O–H groups in total. The molecule has 2 saturated carbocycles. The number of rotatable bonds is 4. The molecule has 1 heterocycles. The molecule has 1 aliphatic heterocycles. The Morgan fingerprint density at radius 3 is 2.43 bits per heavy atom. The van der Waals surface area contributed by atoms with Crippen molar-refractivity contribution in [3.8, 4) is 0 Å². The van der Waals surface area contributed by atoms with E-state index in [1.54, 1.807) is 0 Å². The Morgan fingerprint density at radius 2 is 1.86 bits per heavy atom. The van der Waals surface area contributed by atoms with Crippen LogP contribution in [0.3, 0.4) is 0 Å². The Morgan fingerprint density at radius 1 is 1.19 bits per heavy atom. The number of piperazine rings is 1. The van der Waals surface area contributed by atoms with Crippen LogP contribution in [-0.4, -0.2) is 34.8 Å². The van der Waals surface area contributed by atoms with Gasteiger partial charge in [0.05, 0.1) is 0 Å². The lowest BCUT2D eigenvalue weighted by atomic mass is 9.78. The van der Waals surface area contributed by atoms with E-state index in [0.717, 1.165) is 51.5 Å². The van der Waals surface area contributed by atoms with Crippen molar-refractivity contribution in [3.05, 3.63) is 0 Å². The lowest BCUT2D eigenvalue weighted by Gasteiger charge is -2.48. The van der Waals surface area contributed by atoms with E-state index < -0.39 is 5.54 Å². The Hall–Kier alpha value is -1.06. The fourth-order valence-electron chi connectivity index (χ4n) is 3.92. The lowest BCUT2D eigenvalue weighted by molar-refractivity contribution is -0.157. The molecular formula is C17H28N2O2. The Bertz CT molecular complexity index is 423. The minimum Gasteiger partial charge on any atom is -0.340 e. The maximum atomic E-state index is 13.1. The van der Waals surface area contributed by atoms with Crippen molar-refractivity contribution < 1.29 is 9.59 Å². The van der Waals surface area contributed by atoms with Crippen molar-refractivity contribution >= 4 is 11.8 Å². The van der Waals surface area contributed by atoms with Crippen LogP contribution in [0.5, 0.6) is 0 Å². The molecule has 1 spiro atoms. The molecular weight excluding hydrogens is 264 g/mol. The summed E-state index contributed by atoms with van der Waals surface area (Å²) in [6.07, 6.45) is 8.12. The number of nitrogens with zero attached hydrogens (tertiary/aromatic N) is 1. The highest BCUT2D eigenvalue weighted by Gasteiger charge is 2.54. The van der Waals surface area contributed by atoms with Crippen LogP contribution in [0, 0.1) is 11.8 Å². The van der Waals surface area contributed by atoms with Gasteiger partial charge in [0.1, 0.15) is 11.6 Å². The monoisotopic (exact) mass is 292 g/mol. The first-order valence-electron chi connectivity index (χ1n) is 8.66. The third-order valence-electron chi connectivity index (χ3n) is 5.36. The molecule has 1 saturated heterocycles. The zero-order valence-electron chi connectivity index (χ0n) is 13.4. The van der Waals surface area contributed by atoms with E-state index >= 15 is 0 Å². The van der Waals surface area contributed by atoms with Gasteiger partial charge in [-0.25, -0.2) is 0 Å². The molecule has 3 aliphatic rings. The summed E-state index contributed by atoms with van der Waals surface area (Å²) in [4.78, 5) is 27.7. The smallest absolute Gasteiger partial charge is 0.249 e. The normalized spacial score (nSPS) is 29.1. The van der Waals surface area contributed by atoms with Gasteiger partial charge in [-0.05, 0) is 43.9 Å². The van der Waals surface area contributed by atoms with Gasteiger partial charge >= 0.3 is 0 Å². The maximum absolute atomic E-state index is 13.1. The maximum Gasteiger partial charge on any atom is 0.249 e. The summed E-state index contributed by atoms with van der Waals surface area (Å²) in [5.74, 6) is 1.29. The standard InChI is InChI=1S/C17H28N2O2/c1-12(2)8-11-19-14(13-6-7-13)15(20)18-17(16(19)21)9-4-3-5-10-17/h12-14H,3-11H2,1-2H3,(H,18,20). The van der Waals surface area contributed by atoms with Gasteiger partial charge in [0.2, 0.25) is 11.8 Å². The molecule has 3 fully saturated rings. The first-order chi connectivity index (χ1) is 10.0. The van der Waals surface area contributed by atoms with Crippen molar-refractivity contribution in [3.63, 3.8) is 0 Å². The summed E-state index contributed by atoms with van der Waals surface area (Å²) in [5, 5.41) is 3.14. The van der Waals surface area contributed by atoms with Crippen molar-refractivity contribution in [1.82, 2.24) is 10.2 Å². The third kappa shape index (κ3) is 2.82. The van der Waals surface area contributed by atoms with Crippen LogP contribution in [0.2, 0.25) is 0 Å². The summed E-state index contributed by atoms with van der Waals surface area (Å²) in [7, 11) is 0. The fourth-order valence-corrected chi connectivity index (χ4v) is 3.92. The van der Waals surface area contributed by atoms with E-state index in [0.29, 0.717) is 11.8 Å². The highest BCUT2D eigenvalue weighted by Crippen LogP contribution is 2.41. The van der Waals surface area contributed by atoms with Gasteiger partial charge in [-0.2, -0.15) is 0 Å². The van der Waals surface area contributed by atoms with Crippen molar-refractivity contribution in [2.45, 2.75) is 76.8 Å². The molecule has 0 aromatic carbocycles.